The molecule has 28 heavy (non-hydrogen) atoms. The molecule has 0 radical (unpaired) electrons. The van der Waals surface area contributed by atoms with Gasteiger partial charge in [0.05, 0.1) is 33.3 Å². The van der Waals surface area contributed by atoms with Gasteiger partial charge >= 0.3 is 0 Å². The summed E-state index contributed by atoms with van der Waals surface area (Å²) in [6, 6.07) is 12.1. The van der Waals surface area contributed by atoms with Crippen LogP contribution in [0, 0.1) is 5.82 Å². The lowest BCUT2D eigenvalue weighted by Gasteiger charge is -2.31. The van der Waals surface area contributed by atoms with Crippen molar-refractivity contribution in [1.29, 1.82) is 0 Å². The minimum absolute atomic E-state index is 0.109. The molecule has 2 heterocycles. The minimum Gasteiger partial charge on any atom is -0.494 e. The number of furan rings is 1. The van der Waals surface area contributed by atoms with Crippen molar-refractivity contribution in [3.63, 3.8) is 0 Å². The van der Waals surface area contributed by atoms with Crippen LogP contribution in [-0.2, 0) is 6.54 Å². The molecule has 0 bridgehead atoms. The van der Waals surface area contributed by atoms with Gasteiger partial charge < -0.3 is 19.0 Å². The molecule has 146 valence electrons. The van der Waals surface area contributed by atoms with Crippen molar-refractivity contribution in [1.82, 2.24) is 4.90 Å². The maximum atomic E-state index is 13.9. The number of piperazine rings is 1. The molecule has 0 spiro atoms. The van der Waals surface area contributed by atoms with E-state index in [1.54, 1.807) is 35.2 Å². The second-order valence-corrected chi connectivity index (χ2v) is 7.42. The molecule has 1 N–H and O–H groups in total. The summed E-state index contributed by atoms with van der Waals surface area (Å²) in [6.45, 7) is 3.57. The first-order chi connectivity index (χ1) is 13.5. The van der Waals surface area contributed by atoms with E-state index in [2.05, 4.69) is 0 Å². The van der Waals surface area contributed by atoms with Gasteiger partial charge in [0, 0.05) is 16.0 Å². The van der Waals surface area contributed by atoms with Crippen LogP contribution in [0.3, 0.4) is 0 Å². The molecule has 2 aromatic carbocycles. The zero-order valence-corrected chi connectivity index (χ0v) is 16.3. The highest BCUT2D eigenvalue weighted by molar-refractivity contribution is 6.31. The van der Waals surface area contributed by atoms with E-state index in [1.165, 1.54) is 18.1 Å². The second-order valence-electron chi connectivity index (χ2n) is 6.98. The molecule has 1 saturated heterocycles. The smallest absolute Gasteiger partial charge is 0.290 e. The number of methoxy groups -OCH3 is 1. The lowest BCUT2D eigenvalue weighted by Crippen LogP contribution is -3.13. The molecule has 1 aliphatic rings. The Kier molecular flexibility index (Phi) is 5.24. The first kappa shape index (κ1) is 18.8. The van der Waals surface area contributed by atoms with Crippen molar-refractivity contribution in [2.75, 3.05) is 33.3 Å². The number of nitrogens with zero attached hydrogens (tertiary/aromatic N) is 1. The number of quaternary nitrogens is 1. The Morgan fingerprint density at radius 1 is 1.21 bits per heavy atom. The average molecular weight is 404 g/mol. The SMILES string of the molecule is COc1ccc(C[NH+]2CCN(C(=O)c3cc4cc(Cl)ccc4o3)CC2)cc1F. The third-order valence-corrected chi connectivity index (χ3v) is 5.35. The maximum Gasteiger partial charge on any atom is 0.290 e. The lowest BCUT2D eigenvalue weighted by atomic mass is 10.1. The van der Waals surface area contributed by atoms with Crippen molar-refractivity contribution in [2.45, 2.75) is 6.54 Å². The van der Waals surface area contributed by atoms with E-state index >= 15 is 0 Å². The number of carbonyl (C=O) groups is 1. The molecule has 1 aliphatic heterocycles. The van der Waals surface area contributed by atoms with Gasteiger partial charge in [0.1, 0.15) is 12.1 Å². The number of nitrogens with one attached hydrogen (secondary N) is 1. The standard InChI is InChI=1S/C21H20ClFN2O3/c1-27-19-4-2-14(10-17(19)23)13-24-6-8-25(9-7-24)21(26)20-12-15-11-16(22)3-5-18(15)28-20/h2-5,10-12H,6-9,13H2,1H3/p+1. The number of fused-ring (bicyclic) bond motifs is 1. The number of ether oxygens (including phenoxy) is 1. The van der Waals surface area contributed by atoms with Crippen LogP contribution in [0.2, 0.25) is 5.02 Å². The number of halogens is 2. The van der Waals surface area contributed by atoms with Gasteiger partial charge in [-0.25, -0.2) is 4.39 Å². The van der Waals surface area contributed by atoms with Gasteiger partial charge in [-0.15, -0.1) is 0 Å². The van der Waals surface area contributed by atoms with Gasteiger partial charge in [-0.2, -0.15) is 0 Å². The Morgan fingerprint density at radius 2 is 2.00 bits per heavy atom. The van der Waals surface area contributed by atoms with E-state index in [9.17, 15) is 9.18 Å². The summed E-state index contributed by atoms with van der Waals surface area (Å²) in [5.74, 6) is 0.124. The maximum absolute atomic E-state index is 13.9. The second kappa shape index (κ2) is 7.81. The highest BCUT2D eigenvalue weighted by Crippen LogP contribution is 2.24. The predicted molar refractivity (Wildman–Crippen MR) is 104 cm³/mol. The van der Waals surface area contributed by atoms with E-state index in [1.807, 2.05) is 6.07 Å². The van der Waals surface area contributed by atoms with Crippen LogP contribution in [0.15, 0.2) is 46.9 Å². The molecule has 1 aromatic heterocycles. The van der Waals surface area contributed by atoms with Gasteiger partial charge in [-0.05, 0) is 42.5 Å². The van der Waals surface area contributed by atoms with Crippen molar-refractivity contribution in [3.05, 3.63) is 64.6 Å². The van der Waals surface area contributed by atoms with Gasteiger partial charge in [-0.3, -0.25) is 4.79 Å². The molecular formula is C21H21ClFN2O3+. The molecule has 0 aliphatic carbocycles. The number of benzene rings is 2. The average Bonchev–Trinajstić information content (AvgIpc) is 3.11. The quantitative estimate of drug-likeness (QED) is 0.728. The Balaban J connectivity index is 1.37. The molecule has 0 saturated carbocycles. The summed E-state index contributed by atoms with van der Waals surface area (Å²) in [6.07, 6.45) is 0. The summed E-state index contributed by atoms with van der Waals surface area (Å²) >= 11 is 6.00. The molecule has 4 rings (SSSR count). The highest BCUT2D eigenvalue weighted by atomic mass is 35.5. The van der Waals surface area contributed by atoms with E-state index < -0.39 is 0 Å². The predicted octanol–water partition coefficient (Wildman–Crippen LogP) is 2.77. The molecule has 5 nitrogen and oxygen atoms in total. The van der Waals surface area contributed by atoms with Crippen LogP contribution in [0.5, 0.6) is 5.75 Å². The van der Waals surface area contributed by atoms with E-state index in [4.69, 9.17) is 20.8 Å². The number of hydrogen-bond acceptors (Lipinski definition) is 3. The van der Waals surface area contributed by atoms with E-state index in [0.717, 1.165) is 24.0 Å². The summed E-state index contributed by atoms with van der Waals surface area (Å²) in [5, 5.41) is 1.43. The number of rotatable bonds is 4. The van der Waals surface area contributed by atoms with Crippen LogP contribution in [0.25, 0.3) is 11.0 Å². The van der Waals surface area contributed by atoms with Crippen LogP contribution in [0.1, 0.15) is 16.1 Å². The van der Waals surface area contributed by atoms with Gasteiger partial charge in [0.25, 0.3) is 5.91 Å². The van der Waals surface area contributed by atoms with Gasteiger partial charge in [0.15, 0.2) is 17.3 Å². The van der Waals surface area contributed by atoms with E-state index in [-0.39, 0.29) is 17.5 Å². The number of amides is 1. The van der Waals surface area contributed by atoms with Crippen molar-refractivity contribution < 1.29 is 23.2 Å². The minimum atomic E-state index is -0.349. The molecule has 0 unspecified atom stereocenters. The van der Waals surface area contributed by atoms with Crippen LogP contribution in [-0.4, -0.2) is 44.1 Å². The normalized spacial score (nSPS) is 15.2. The number of hydrogen-bond donors (Lipinski definition) is 1. The first-order valence-corrected chi connectivity index (χ1v) is 9.55. The topological polar surface area (TPSA) is 47.1 Å². The summed E-state index contributed by atoms with van der Waals surface area (Å²) < 4.78 is 24.5. The monoisotopic (exact) mass is 403 g/mol. The van der Waals surface area contributed by atoms with E-state index in [0.29, 0.717) is 36.0 Å². The zero-order chi connectivity index (χ0) is 19.7. The van der Waals surface area contributed by atoms with Crippen LogP contribution in [0.4, 0.5) is 4.39 Å². The summed E-state index contributed by atoms with van der Waals surface area (Å²) in [5.41, 5.74) is 1.57. The molecule has 1 amide bonds. The lowest BCUT2D eigenvalue weighted by molar-refractivity contribution is -0.917. The van der Waals surface area contributed by atoms with Crippen molar-refractivity contribution in [2.24, 2.45) is 0 Å². The molecule has 0 atom stereocenters. The third-order valence-electron chi connectivity index (χ3n) is 5.12. The zero-order valence-electron chi connectivity index (χ0n) is 15.5. The molecule has 7 heteroatoms. The van der Waals surface area contributed by atoms with Crippen molar-refractivity contribution >= 4 is 28.5 Å². The Hall–Kier alpha value is -2.57. The largest absolute Gasteiger partial charge is 0.494 e. The van der Waals surface area contributed by atoms with Crippen LogP contribution < -0.4 is 9.64 Å². The molecule has 1 fully saturated rings. The number of carbonyl (C=O) groups excluding carboxylic acids is 1. The third kappa shape index (κ3) is 3.84. The van der Waals surface area contributed by atoms with Crippen molar-refractivity contribution in [3.8, 4) is 5.75 Å². The Morgan fingerprint density at radius 3 is 2.71 bits per heavy atom. The Bertz CT molecular complexity index is 1010. The summed E-state index contributed by atoms with van der Waals surface area (Å²) in [4.78, 5) is 15.9. The highest BCUT2D eigenvalue weighted by Gasteiger charge is 2.26. The summed E-state index contributed by atoms with van der Waals surface area (Å²) in [7, 11) is 1.45. The van der Waals surface area contributed by atoms with Crippen LogP contribution >= 0.6 is 11.6 Å². The molecular weight excluding hydrogens is 383 g/mol. The Labute approximate surface area is 167 Å². The van der Waals surface area contributed by atoms with Gasteiger partial charge in [0.2, 0.25) is 0 Å². The first-order valence-electron chi connectivity index (χ1n) is 9.18. The van der Waals surface area contributed by atoms with Gasteiger partial charge in [-0.1, -0.05) is 11.6 Å². The fraction of sp³-hybridized carbons (Fsp3) is 0.286. The molecule has 3 aromatic rings. The fourth-order valence-corrected chi connectivity index (χ4v) is 3.77. The fourth-order valence-electron chi connectivity index (χ4n) is 3.59.